The molecule has 4 heteroatoms. The number of aromatic nitrogens is 3. The van der Waals surface area contributed by atoms with Crippen molar-refractivity contribution in [3.8, 4) is 0 Å². The van der Waals surface area contributed by atoms with Gasteiger partial charge in [0.25, 0.3) is 0 Å². The Balaban J connectivity index is 1.52. The van der Waals surface area contributed by atoms with E-state index >= 15 is 0 Å². The van der Waals surface area contributed by atoms with E-state index in [1.165, 1.54) is 48.1 Å². The second-order valence-electron chi connectivity index (χ2n) is 7.59. The van der Waals surface area contributed by atoms with E-state index in [0.717, 1.165) is 55.1 Å². The van der Waals surface area contributed by atoms with Crippen LogP contribution in [0.1, 0.15) is 59.5 Å². The van der Waals surface area contributed by atoms with Gasteiger partial charge in [-0.3, -0.25) is 0 Å². The number of halogens is 1. The highest BCUT2D eigenvalue weighted by Gasteiger charge is 2.13. The summed E-state index contributed by atoms with van der Waals surface area (Å²) in [7, 11) is 0. The lowest BCUT2D eigenvalue weighted by molar-refractivity contribution is 0.626. The Bertz CT molecular complexity index is 951. The lowest BCUT2D eigenvalue weighted by atomic mass is 10.0. The lowest BCUT2D eigenvalue weighted by Crippen LogP contribution is -2.09. The lowest BCUT2D eigenvalue weighted by Gasteiger charge is -2.09. The summed E-state index contributed by atoms with van der Waals surface area (Å²) in [5.74, 6) is 2.36. The van der Waals surface area contributed by atoms with Crippen LogP contribution in [0.5, 0.6) is 0 Å². The number of rotatable bonds is 7. The average molecular weight is 375 g/mol. The van der Waals surface area contributed by atoms with E-state index in [-0.39, 0.29) is 5.82 Å². The van der Waals surface area contributed by atoms with Crippen LogP contribution in [0.4, 0.5) is 4.39 Å². The Morgan fingerprint density at radius 2 is 1.43 bits per heavy atom. The van der Waals surface area contributed by atoms with Crippen LogP contribution in [-0.2, 0) is 38.5 Å². The predicted octanol–water partition coefficient (Wildman–Crippen LogP) is 4.83. The van der Waals surface area contributed by atoms with Crippen molar-refractivity contribution >= 4 is 0 Å². The van der Waals surface area contributed by atoms with Gasteiger partial charge in [0.15, 0.2) is 0 Å². The molecule has 0 bridgehead atoms. The monoisotopic (exact) mass is 375 g/mol. The first-order valence-corrected chi connectivity index (χ1v) is 10.3. The van der Waals surface area contributed by atoms with Crippen molar-refractivity contribution in [3.63, 3.8) is 0 Å². The summed E-state index contributed by atoms with van der Waals surface area (Å²) in [6.07, 6.45) is 7.81. The first kappa shape index (κ1) is 18.7. The van der Waals surface area contributed by atoms with Crippen molar-refractivity contribution in [2.45, 2.75) is 58.3 Å². The summed E-state index contributed by atoms with van der Waals surface area (Å²) in [6.45, 7) is 2.14. The van der Waals surface area contributed by atoms with Crippen molar-refractivity contribution in [3.05, 3.63) is 88.0 Å². The number of aryl methyl sites for hydroxylation is 5. The van der Waals surface area contributed by atoms with Gasteiger partial charge in [-0.25, -0.2) is 19.3 Å². The molecule has 2 aromatic carbocycles. The van der Waals surface area contributed by atoms with Gasteiger partial charge >= 0.3 is 0 Å². The summed E-state index contributed by atoms with van der Waals surface area (Å²) in [5, 5.41) is 0. The van der Waals surface area contributed by atoms with Gasteiger partial charge in [-0.05, 0) is 66.5 Å². The van der Waals surface area contributed by atoms with Crippen molar-refractivity contribution in [1.29, 1.82) is 0 Å². The normalized spacial score (nSPS) is 12.9. The molecule has 0 fully saturated rings. The fourth-order valence-corrected chi connectivity index (χ4v) is 3.87. The van der Waals surface area contributed by atoms with Crippen LogP contribution in [-0.4, -0.2) is 15.0 Å². The molecule has 1 aromatic heterocycles. The summed E-state index contributed by atoms with van der Waals surface area (Å²) in [5.41, 5.74) is 5.35. The van der Waals surface area contributed by atoms with Crippen LogP contribution in [0.2, 0.25) is 0 Å². The number of hydrogen-bond donors (Lipinski definition) is 0. The third-order valence-corrected chi connectivity index (χ3v) is 5.32. The molecule has 28 heavy (non-hydrogen) atoms. The minimum atomic E-state index is -0.203. The molecular formula is C24H26FN3. The largest absolute Gasteiger partial charge is 0.218 e. The fourth-order valence-electron chi connectivity index (χ4n) is 3.87. The van der Waals surface area contributed by atoms with E-state index in [4.69, 9.17) is 9.97 Å². The number of benzene rings is 2. The number of nitrogens with zero attached hydrogens (tertiary/aromatic N) is 3. The highest BCUT2D eigenvalue weighted by atomic mass is 19.1. The first-order valence-electron chi connectivity index (χ1n) is 10.3. The van der Waals surface area contributed by atoms with Crippen LogP contribution < -0.4 is 0 Å². The molecule has 1 aliphatic carbocycles. The molecule has 3 aromatic rings. The molecule has 0 amide bonds. The maximum absolute atomic E-state index is 13.1. The zero-order valence-corrected chi connectivity index (χ0v) is 16.4. The number of fused-ring (bicyclic) bond motifs is 1. The zero-order valence-electron chi connectivity index (χ0n) is 16.4. The van der Waals surface area contributed by atoms with Gasteiger partial charge in [-0.15, -0.1) is 0 Å². The third kappa shape index (κ3) is 4.61. The SMILES string of the molecule is CCCc1nc(CCc2ccc(F)cc2)nc(Cc2ccc3c(c2)CCC3)n1. The van der Waals surface area contributed by atoms with E-state index < -0.39 is 0 Å². The molecule has 0 spiro atoms. The summed E-state index contributed by atoms with van der Waals surface area (Å²) < 4.78 is 13.1. The highest BCUT2D eigenvalue weighted by Crippen LogP contribution is 2.23. The van der Waals surface area contributed by atoms with E-state index in [9.17, 15) is 4.39 Å². The Morgan fingerprint density at radius 1 is 0.750 bits per heavy atom. The van der Waals surface area contributed by atoms with Crippen LogP contribution in [0.25, 0.3) is 0 Å². The first-order chi connectivity index (χ1) is 13.7. The molecule has 0 saturated carbocycles. The van der Waals surface area contributed by atoms with Crippen molar-refractivity contribution < 1.29 is 4.39 Å². The van der Waals surface area contributed by atoms with Crippen molar-refractivity contribution in [2.24, 2.45) is 0 Å². The quantitative estimate of drug-likeness (QED) is 0.594. The highest BCUT2D eigenvalue weighted by molar-refractivity contribution is 5.36. The molecule has 1 heterocycles. The second-order valence-corrected chi connectivity index (χ2v) is 7.59. The molecule has 0 N–H and O–H groups in total. The van der Waals surface area contributed by atoms with Gasteiger partial charge in [-0.2, -0.15) is 0 Å². The Labute approximate surface area is 166 Å². The van der Waals surface area contributed by atoms with E-state index in [1.54, 1.807) is 0 Å². The van der Waals surface area contributed by atoms with Crippen LogP contribution in [0.3, 0.4) is 0 Å². The van der Waals surface area contributed by atoms with E-state index in [1.807, 2.05) is 12.1 Å². The zero-order chi connectivity index (χ0) is 19.3. The van der Waals surface area contributed by atoms with Gasteiger partial charge in [0, 0.05) is 19.3 Å². The molecule has 144 valence electrons. The second kappa shape index (κ2) is 8.59. The van der Waals surface area contributed by atoms with Gasteiger partial charge in [0.2, 0.25) is 0 Å². The molecule has 0 atom stereocenters. The molecule has 1 aliphatic rings. The Hall–Kier alpha value is -2.62. The van der Waals surface area contributed by atoms with Crippen LogP contribution in [0, 0.1) is 5.82 Å². The molecular weight excluding hydrogens is 349 g/mol. The van der Waals surface area contributed by atoms with Crippen molar-refractivity contribution in [2.75, 3.05) is 0 Å². The Morgan fingerprint density at radius 3 is 2.21 bits per heavy atom. The Kier molecular flexibility index (Phi) is 5.75. The maximum atomic E-state index is 13.1. The minimum absolute atomic E-state index is 0.203. The predicted molar refractivity (Wildman–Crippen MR) is 109 cm³/mol. The molecule has 3 nitrogen and oxygen atoms in total. The summed E-state index contributed by atoms with van der Waals surface area (Å²) in [4.78, 5) is 14.1. The summed E-state index contributed by atoms with van der Waals surface area (Å²) in [6, 6.07) is 13.5. The fraction of sp³-hybridized carbons (Fsp3) is 0.375. The van der Waals surface area contributed by atoms with Gasteiger partial charge in [0.05, 0.1) is 0 Å². The van der Waals surface area contributed by atoms with Gasteiger partial charge in [-0.1, -0.05) is 37.3 Å². The maximum Gasteiger partial charge on any atom is 0.136 e. The minimum Gasteiger partial charge on any atom is -0.218 e. The molecule has 0 aliphatic heterocycles. The van der Waals surface area contributed by atoms with E-state index in [0.29, 0.717) is 0 Å². The topological polar surface area (TPSA) is 38.7 Å². The standard InChI is InChI=1S/C24H26FN3/c1-2-4-22-26-23(14-10-17-8-12-21(25)13-9-17)28-24(27-22)16-18-7-11-19-5-3-6-20(19)15-18/h7-9,11-13,15H,2-6,10,14,16H2,1H3. The smallest absolute Gasteiger partial charge is 0.136 e. The number of hydrogen-bond acceptors (Lipinski definition) is 3. The average Bonchev–Trinajstić information content (AvgIpc) is 3.16. The molecule has 0 saturated heterocycles. The van der Waals surface area contributed by atoms with E-state index in [2.05, 4.69) is 30.1 Å². The molecule has 4 rings (SSSR count). The van der Waals surface area contributed by atoms with Gasteiger partial charge < -0.3 is 0 Å². The van der Waals surface area contributed by atoms with Crippen LogP contribution >= 0.6 is 0 Å². The van der Waals surface area contributed by atoms with Crippen molar-refractivity contribution in [1.82, 2.24) is 15.0 Å². The third-order valence-electron chi connectivity index (χ3n) is 5.32. The summed E-state index contributed by atoms with van der Waals surface area (Å²) >= 11 is 0. The van der Waals surface area contributed by atoms with Crippen LogP contribution in [0.15, 0.2) is 42.5 Å². The molecule has 0 unspecified atom stereocenters. The van der Waals surface area contributed by atoms with Gasteiger partial charge in [0.1, 0.15) is 23.3 Å². The molecule has 0 radical (unpaired) electrons.